The van der Waals surface area contributed by atoms with Crippen LogP contribution in [0.3, 0.4) is 0 Å². The predicted molar refractivity (Wildman–Crippen MR) is 98.5 cm³/mol. The average Bonchev–Trinajstić information content (AvgIpc) is 2.55. The fourth-order valence-corrected chi connectivity index (χ4v) is 3.38. The third-order valence-corrected chi connectivity index (χ3v) is 5.05. The van der Waals surface area contributed by atoms with Crippen molar-refractivity contribution in [1.29, 1.82) is 0 Å². The summed E-state index contributed by atoms with van der Waals surface area (Å²) in [4.78, 5) is 2.40. The summed E-state index contributed by atoms with van der Waals surface area (Å²) in [5, 5.41) is 3.26. The zero-order valence-corrected chi connectivity index (χ0v) is 16.2. The maximum absolute atomic E-state index is 12.3. The minimum Gasteiger partial charge on any atom is -0.493 e. The fraction of sp³-hybridized carbons (Fsp3) is 0.571. The van der Waals surface area contributed by atoms with Crippen molar-refractivity contribution in [1.82, 2.24) is 14.9 Å². The van der Waals surface area contributed by atoms with Gasteiger partial charge in [0.2, 0.25) is 10.0 Å². The van der Waals surface area contributed by atoms with E-state index >= 15 is 0 Å². The van der Waals surface area contributed by atoms with Crippen molar-refractivity contribution in [2.24, 2.45) is 0 Å². The largest absolute Gasteiger partial charge is 0.493 e. The molecule has 10 heteroatoms. The van der Waals surface area contributed by atoms with Crippen LogP contribution in [0.25, 0.3) is 0 Å². The van der Waals surface area contributed by atoms with Crippen LogP contribution in [-0.4, -0.2) is 66.8 Å². The molecule has 1 fully saturated rings. The number of piperazine rings is 1. The predicted octanol–water partition coefficient (Wildman–Crippen LogP) is 0.731. The van der Waals surface area contributed by atoms with Crippen LogP contribution in [0.1, 0.15) is 0 Å². The number of nitrogens with zero attached hydrogens (tertiary/aromatic N) is 1. The Balaban J connectivity index is 0.00000264. The van der Waals surface area contributed by atoms with Gasteiger partial charge < -0.3 is 14.8 Å². The topological polar surface area (TPSA) is 79.9 Å². The molecule has 2 rings (SSSR count). The van der Waals surface area contributed by atoms with Crippen LogP contribution in [-0.2, 0) is 10.0 Å². The van der Waals surface area contributed by atoms with Gasteiger partial charge in [0, 0.05) is 45.3 Å². The molecule has 1 heterocycles. The molecule has 1 aromatic carbocycles. The molecule has 0 bridgehead atoms. The lowest BCUT2D eigenvalue weighted by Crippen LogP contribution is -2.46. The first-order chi connectivity index (χ1) is 10.6. The summed E-state index contributed by atoms with van der Waals surface area (Å²) in [6.45, 7) is 4.87. The van der Waals surface area contributed by atoms with Crippen molar-refractivity contribution in [2.75, 3.05) is 53.5 Å². The maximum Gasteiger partial charge on any atom is 0.240 e. The molecule has 24 heavy (non-hydrogen) atoms. The number of methoxy groups -OCH3 is 2. The normalized spacial score (nSPS) is 15.1. The quantitative estimate of drug-likeness (QED) is 0.700. The summed E-state index contributed by atoms with van der Waals surface area (Å²) in [5.74, 6) is 0.898. The molecule has 1 saturated heterocycles. The van der Waals surface area contributed by atoms with Crippen molar-refractivity contribution < 1.29 is 17.9 Å². The van der Waals surface area contributed by atoms with Crippen molar-refractivity contribution in [3.05, 3.63) is 18.2 Å². The van der Waals surface area contributed by atoms with Gasteiger partial charge in [-0.1, -0.05) is 0 Å². The van der Waals surface area contributed by atoms with E-state index in [1.54, 1.807) is 6.07 Å². The van der Waals surface area contributed by atoms with Gasteiger partial charge in [-0.2, -0.15) is 0 Å². The Bertz CT molecular complexity index is 596. The van der Waals surface area contributed by atoms with Crippen LogP contribution in [0, 0.1) is 0 Å². The van der Waals surface area contributed by atoms with Crippen LogP contribution >= 0.6 is 24.8 Å². The third-order valence-electron chi connectivity index (χ3n) is 3.60. The lowest BCUT2D eigenvalue weighted by atomic mass is 10.3. The molecular weight excluding hydrogens is 377 g/mol. The molecule has 2 N–H and O–H groups in total. The van der Waals surface area contributed by atoms with E-state index in [4.69, 9.17) is 9.47 Å². The Morgan fingerprint density at radius 2 is 1.75 bits per heavy atom. The SMILES string of the molecule is COc1ccc(S(=O)(=O)NCCN2CCNCC2)cc1OC.Cl.Cl. The highest BCUT2D eigenvalue weighted by atomic mass is 35.5. The summed E-state index contributed by atoms with van der Waals surface area (Å²) in [6.07, 6.45) is 0. The molecule has 0 aromatic heterocycles. The van der Waals surface area contributed by atoms with Gasteiger partial charge >= 0.3 is 0 Å². The van der Waals surface area contributed by atoms with Crippen molar-refractivity contribution >= 4 is 34.8 Å². The highest BCUT2D eigenvalue weighted by Crippen LogP contribution is 2.29. The minimum atomic E-state index is -3.55. The summed E-state index contributed by atoms with van der Waals surface area (Å²) < 4.78 is 37.5. The molecule has 0 amide bonds. The van der Waals surface area contributed by atoms with Crippen LogP contribution in [0.2, 0.25) is 0 Å². The van der Waals surface area contributed by atoms with E-state index in [1.807, 2.05) is 0 Å². The van der Waals surface area contributed by atoms with Gasteiger partial charge in [0.15, 0.2) is 11.5 Å². The maximum atomic E-state index is 12.3. The number of halogens is 2. The second-order valence-electron chi connectivity index (χ2n) is 5.01. The van der Waals surface area contributed by atoms with Crippen LogP contribution in [0.5, 0.6) is 11.5 Å². The molecule has 1 aliphatic heterocycles. The van der Waals surface area contributed by atoms with Gasteiger partial charge in [0.25, 0.3) is 0 Å². The van der Waals surface area contributed by atoms with E-state index < -0.39 is 10.0 Å². The number of sulfonamides is 1. The van der Waals surface area contributed by atoms with Crippen LogP contribution < -0.4 is 19.5 Å². The van der Waals surface area contributed by atoms with Gasteiger partial charge in [-0.05, 0) is 12.1 Å². The van der Waals surface area contributed by atoms with Crippen LogP contribution in [0.15, 0.2) is 23.1 Å². The van der Waals surface area contributed by atoms with Crippen molar-refractivity contribution in [3.63, 3.8) is 0 Å². The summed E-state index contributed by atoms with van der Waals surface area (Å²) in [5.41, 5.74) is 0. The second kappa shape index (κ2) is 11.0. The van der Waals surface area contributed by atoms with E-state index in [1.165, 1.54) is 26.4 Å². The first-order valence-electron chi connectivity index (χ1n) is 7.21. The highest BCUT2D eigenvalue weighted by Gasteiger charge is 2.17. The van der Waals surface area contributed by atoms with Crippen molar-refractivity contribution in [3.8, 4) is 11.5 Å². The second-order valence-corrected chi connectivity index (χ2v) is 6.77. The van der Waals surface area contributed by atoms with Gasteiger partial charge in [0.05, 0.1) is 19.1 Å². The van der Waals surface area contributed by atoms with E-state index in [-0.39, 0.29) is 29.7 Å². The molecule has 0 atom stereocenters. The Morgan fingerprint density at radius 1 is 1.12 bits per heavy atom. The number of rotatable bonds is 7. The number of nitrogens with one attached hydrogen (secondary N) is 2. The number of hydrogen-bond donors (Lipinski definition) is 2. The summed E-state index contributed by atoms with van der Waals surface area (Å²) in [6, 6.07) is 4.56. The van der Waals surface area contributed by atoms with Gasteiger partial charge in [0.1, 0.15) is 0 Å². The molecule has 140 valence electrons. The fourth-order valence-electron chi connectivity index (χ4n) is 2.34. The molecule has 7 nitrogen and oxygen atoms in total. The highest BCUT2D eigenvalue weighted by molar-refractivity contribution is 7.89. The van der Waals surface area contributed by atoms with E-state index in [9.17, 15) is 8.42 Å². The number of ether oxygens (including phenoxy) is 2. The first-order valence-corrected chi connectivity index (χ1v) is 8.70. The van der Waals surface area contributed by atoms with Gasteiger partial charge in [-0.15, -0.1) is 24.8 Å². The standard InChI is InChI=1S/C14H23N3O4S.2ClH/c1-20-13-4-3-12(11-14(13)21-2)22(18,19)16-7-10-17-8-5-15-6-9-17;;/h3-4,11,15-16H,5-10H2,1-2H3;2*1H. The van der Waals surface area contributed by atoms with Crippen molar-refractivity contribution in [2.45, 2.75) is 4.90 Å². The van der Waals surface area contributed by atoms with E-state index in [2.05, 4.69) is 14.9 Å². The molecule has 1 aromatic rings. The van der Waals surface area contributed by atoms with Gasteiger partial charge in [-0.3, -0.25) is 4.90 Å². The molecule has 0 aliphatic carbocycles. The van der Waals surface area contributed by atoms with E-state index in [0.29, 0.717) is 24.6 Å². The smallest absolute Gasteiger partial charge is 0.240 e. The Labute approximate surface area is 155 Å². The van der Waals surface area contributed by atoms with E-state index in [0.717, 1.165) is 26.2 Å². The Morgan fingerprint density at radius 3 is 2.33 bits per heavy atom. The zero-order chi connectivity index (χ0) is 16.0. The Hall–Kier alpha value is -0.770. The molecule has 0 unspecified atom stereocenters. The monoisotopic (exact) mass is 401 g/mol. The zero-order valence-electron chi connectivity index (χ0n) is 13.8. The third kappa shape index (κ3) is 6.27. The molecule has 0 spiro atoms. The first kappa shape index (κ1) is 23.2. The minimum absolute atomic E-state index is 0. The average molecular weight is 402 g/mol. The molecule has 0 saturated carbocycles. The lowest BCUT2D eigenvalue weighted by Gasteiger charge is -2.27. The molecule has 0 radical (unpaired) electrons. The number of benzene rings is 1. The number of hydrogen-bond acceptors (Lipinski definition) is 6. The molecule has 1 aliphatic rings. The molecular formula is C14H25Cl2N3O4S. The Kier molecular flexibility index (Phi) is 10.6. The van der Waals surface area contributed by atoms with Gasteiger partial charge in [-0.25, -0.2) is 13.1 Å². The summed E-state index contributed by atoms with van der Waals surface area (Å²) >= 11 is 0. The lowest BCUT2D eigenvalue weighted by molar-refractivity contribution is 0.245. The van der Waals surface area contributed by atoms with Crippen LogP contribution in [0.4, 0.5) is 0 Å². The summed E-state index contributed by atoms with van der Waals surface area (Å²) in [7, 11) is -0.557.